The summed E-state index contributed by atoms with van der Waals surface area (Å²) in [7, 11) is 0. The second kappa shape index (κ2) is 5.13. The summed E-state index contributed by atoms with van der Waals surface area (Å²) in [5.41, 5.74) is 5.33. The Hall–Kier alpha value is -1.86. The van der Waals surface area contributed by atoms with Crippen LogP contribution in [-0.2, 0) is 0 Å². The van der Waals surface area contributed by atoms with Gasteiger partial charge in [-0.2, -0.15) is 0 Å². The van der Waals surface area contributed by atoms with E-state index in [-0.39, 0.29) is 11.1 Å². The van der Waals surface area contributed by atoms with Crippen LogP contribution in [0.5, 0.6) is 0 Å². The van der Waals surface area contributed by atoms with E-state index in [2.05, 4.69) is 11.8 Å². The minimum atomic E-state index is -1.10. The van der Waals surface area contributed by atoms with Crippen molar-refractivity contribution in [1.29, 1.82) is 0 Å². The van der Waals surface area contributed by atoms with Crippen molar-refractivity contribution in [3.05, 3.63) is 35.1 Å². The van der Waals surface area contributed by atoms with Crippen LogP contribution in [0, 0.1) is 17.7 Å². The third kappa shape index (κ3) is 3.08. The molecule has 0 bridgehead atoms. The number of hydrogen-bond donors (Lipinski definition) is 2. The first-order chi connectivity index (χ1) is 7.15. The molecule has 0 aliphatic carbocycles. The highest BCUT2D eigenvalue weighted by Gasteiger charge is 2.06. The van der Waals surface area contributed by atoms with Gasteiger partial charge in [-0.05, 0) is 18.2 Å². The Balaban J connectivity index is 3.02. The number of aromatic carboxylic acids is 1. The Kier molecular flexibility index (Phi) is 3.83. The van der Waals surface area contributed by atoms with E-state index in [1.54, 1.807) is 0 Å². The summed E-state index contributed by atoms with van der Waals surface area (Å²) in [6.07, 6.45) is 0.455. The van der Waals surface area contributed by atoms with E-state index in [1.807, 2.05) is 0 Å². The molecule has 0 saturated heterocycles. The topological polar surface area (TPSA) is 63.3 Å². The van der Waals surface area contributed by atoms with Crippen LogP contribution in [0.4, 0.5) is 4.39 Å². The molecule has 4 heteroatoms. The first-order valence-electron chi connectivity index (χ1n) is 4.37. The minimum Gasteiger partial charge on any atom is -0.478 e. The van der Waals surface area contributed by atoms with Crippen LogP contribution in [0.3, 0.4) is 0 Å². The molecule has 1 rings (SSSR count). The summed E-state index contributed by atoms with van der Waals surface area (Å²) < 4.78 is 13.1. The zero-order valence-electron chi connectivity index (χ0n) is 7.96. The summed E-state index contributed by atoms with van der Waals surface area (Å²) in [5, 5.41) is 8.68. The van der Waals surface area contributed by atoms with Crippen molar-refractivity contribution < 1.29 is 14.3 Å². The number of hydrogen-bond acceptors (Lipinski definition) is 2. The van der Waals surface area contributed by atoms with Crippen LogP contribution in [0.2, 0.25) is 0 Å². The summed E-state index contributed by atoms with van der Waals surface area (Å²) in [6, 6.07) is 3.50. The Labute approximate surface area is 86.7 Å². The van der Waals surface area contributed by atoms with Crippen LogP contribution in [0.15, 0.2) is 18.2 Å². The van der Waals surface area contributed by atoms with Crippen LogP contribution >= 0.6 is 0 Å². The molecule has 1 aromatic carbocycles. The highest BCUT2D eigenvalue weighted by molar-refractivity contribution is 5.88. The van der Waals surface area contributed by atoms with E-state index in [0.717, 1.165) is 6.07 Å². The number of benzene rings is 1. The average molecular weight is 207 g/mol. The number of carboxylic acid groups (broad SMARTS) is 1. The molecule has 0 saturated carbocycles. The largest absolute Gasteiger partial charge is 0.478 e. The van der Waals surface area contributed by atoms with Crippen molar-refractivity contribution in [2.45, 2.75) is 6.42 Å². The van der Waals surface area contributed by atoms with Gasteiger partial charge in [0.1, 0.15) is 5.82 Å². The summed E-state index contributed by atoms with van der Waals surface area (Å²) in [5.74, 6) is 3.57. The lowest BCUT2D eigenvalue weighted by atomic mass is 10.1. The van der Waals surface area contributed by atoms with Crippen molar-refractivity contribution >= 4 is 5.97 Å². The van der Waals surface area contributed by atoms with Crippen molar-refractivity contribution in [1.82, 2.24) is 0 Å². The van der Waals surface area contributed by atoms with Gasteiger partial charge in [0.05, 0.1) is 11.1 Å². The highest BCUT2D eigenvalue weighted by atomic mass is 19.1. The Bertz CT molecular complexity index is 432. The minimum absolute atomic E-state index is 0.0217. The van der Waals surface area contributed by atoms with Crippen LogP contribution in [-0.4, -0.2) is 17.6 Å². The van der Waals surface area contributed by atoms with Crippen molar-refractivity contribution in [3.63, 3.8) is 0 Å². The van der Waals surface area contributed by atoms with E-state index in [4.69, 9.17) is 10.8 Å². The monoisotopic (exact) mass is 207 g/mol. The van der Waals surface area contributed by atoms with E-state index >= 15 is 0 Å². The third-order valence-electron chi connectivity index (χ3n) is 1.71. The molecule has 0 aliphatic heterocycles. The van der Waals surface area contributed by atoms with Crippen molar-refractivity contribution in [3.8, 4) is 11.8 Å². The summed E-state index contributed by atoms with van der Waals surface area (Å²) >= 11 is 0. The molecule has 78 valence electrons. The molecule has 0 amide bonds. The average Bonchev–Trinajstić information content (AvgIpc) is 2.20. The third-order valence-corrected chi connectivity index (χ3v) is 1.71. The van der Waals surface area contributed by atoms with Crippen LogP contribution in [0.1, 0.15) is 22.3 Å². The predicted molar refractivity (Wildman–Crippen MR) is 53.9 cm³/mol. The molecule has 0 aliphatic rings. The molecule has 3 nitrogen and oxygen atoms in total. The first kappa shape index (κ1) is 11.2. The van der Waals surface area contributed by atoms with Gasteiger partial charge in [-0.15, -0.1) is 0 Å². The fraction of sp³-hybridized carbons (Fsp3) is 0.182. The molecule has 15 heavy (non-hydrogen) atoms. The number of halogens is 1. The van der Waals surface area contributed by atoms with Gasteiger partial charge in [0.15, 0.2) is 0 Å². The Morgan fingerprint density at radius 3 is 2.87 bits per heavy atom. The van der Waals surface area contributed by atoms with Gasteiger partial charge in [0, 0.05) is 13.0 Å². The van der Waals surface area contributed by atoms with Gasteiger partial charge < -0.3 is 10.8 Å². The van der Waals surface area contributed by atoms with E-state index in [9.17, 15) is 9.18 Å². The number of carboxylic acids is 1. The van der Waals surface area contributed by atoms with Crippen molar-refractivity contribution in [2.75, 3.05) is 6.54 Å². The Morgan fingerprint density at radius 2 is 2.27 bits per heavy atom. The second-order valence-electron chi connectivity index (χ2n) is 2.84. The van der Waals surface area contributed by atoms with E-state index < -0.39 is 11.8 Å². The van der Waals surface area contributed by atoms with Crippen LogP contribution < -0.4 is 5.73 Å². The summed E-state index contributed by atoms with van der Waals surface area (Å²) in [6.45, 7) is 0.396. The van der Waals surface area contributed by atoms with Gasteiger partial charge in [0.2, 0.25) is 0 Å². The van der Waals surface area contributed by atoms with E-state index in [0.29, 0.717) is 13.0 Å². The first-order valence-corrected chi connectivity index (χ1v) is 4.37. The molecular formula is C11H10FNO2. The molecule has 0 unspecified atom stereocenters. The molecule has 1 aromatic rings. The lowest BCUT2D eigenvalue weighted by Crippen LogP contribution is -1.98. The molecule has 0 heterocycles. The maximum absolute atomic E-state index is 13.1. The Morgan fingerprint density at radius 1 is 1.53 bits per heavy atom. The predicted octanol–water partition coefficient (Wildman–Crippen LogP) is 1.22. The number of carbonyl (C=O) groups is 1. The van der Waals surface area contributed by atoms with Gasteiger partial charge >= 0.3 is 5.97 Å². The van der Waals surface area contributed by atoms with Gasteiger partial charge in [-0.25, -0.2) is 9.18 Å². The smallest absolute Gasteiger partial charge is 0.335 e. The molecular weight excluding hydrogens is 197 g/mol. The van der Waals surface area contributed by atoms with Gasteiger partial charge in [-0.3, -0.25) is 0 Å². The number of rotatable bonds is 2. The lowest BCUT2D eigenvalue weighted by Gasteiger charge is -1.97. The fourth-order valence-electron chi connectivity index (χ4n) is 0.984. The molecule has 0 aromatic heterocycles. The molecule has 0 spiro atoms. The standard InChI is InChI=1S/C11H10FNO2/c12-10-5-4-9(11(14)15)7-8(10)3-1-2-6-13/h4-5,7H,2,6,13H2,(H,14,15). The maximum atomic E-state index is 13.1. The van der Waals surface area contributed by atoms with Crippen molar-refractivity contribution in [2.24, 2.45) is 5.73 Å². The summed E-state index contributed by atoms with van der Waals surface area (Å²) in [4.78, 5) is 10.6. The highest BCUT2D eigenvalue weighted by Crippen LogP contribution is 2.09. The molecule has 0 radical (unpaired) electrons. The fourth-order valence-corrected chi connectivity index (χ4v) is 0.984. The van der Waals surface area contributed by atoms with Crippen LogP contribution in [0.25, 0.3) is 0 Å². The van der Waals surface area contributed by atoms with E-state index in [1.165, 1.54) is 12.1 Å². The molecule has 0 atom stereocenters. The zero-order chi connectivity index (χ0) is 11.3. The molecule has 3 N–H and O–H groups in total. The quantitative estimate of drug-likeness (QED) is 0.717. The normalized spacial score (nSPS) is 9.20. The second-order valence-corrected chi connectivity index (χ2v) is 2.84. The van der Waals surface area contributed by atoms with Gasteiger partial charge in [-0.1, -0.05) is 11.8 Å². The SMILES string of the molecule is NCCC#Cc1cc(C(=O)O)ccc1F. The molecule has 0 fully saturated rings. The maximum Gasteiger partial charge on any atom is 0.335 e. The number of nitrogens with two attached hydrogens (primary N) is 1. The lowest BCUT2D eigenvalue weighted by molar-refractivity contribution is 0.0697. The zero-order valence-corrected chi connectivity index (χ0v) is 7.96. The van der Waals surface area contributed by atoms with Gasteiger partial charge in [0.25, 0.3) is 0 Å².